The summed E-state index contributed by atoms with van der Waals surface area (Å²) in [4.78, 5) is 12.3. The average molecular weight is 300 g/mol. The van der Waals surface area contributed by atoms with E-state index in [1.807, 2.05) is 35.2 Å². The van der Waals surface area contributed by atoms with Gasteiger partial charge in [-0.2, -0.15) is 0 Å². The Kier molecular flexibility index (Phi) is 4.56. The van der Waals surface area contributed by atoms with E-state index in [0.29, 0.717) is 12.5 Å². The molecule has 0 spiro atoms. The van der Waals surface area contributed by atoms with Crippen LogP contribution in [0.5, 0.6) is 0 Å². The minimum Gasteiger partial charge on any atom is -0.353 e. The molecule has 1 fully saturated rings. The number of carbonyl (C=O) groups excluding carboxylic acids is 1. The maximum atomic E-state index is 13.5. The molecule has 1 atom stereocenters. The highest BCUT2D eigenvalue weighted by Crippen LogP contribution is 2.24. The lowest BCUT2D eigenvalue weighted by molar-refractivity contribution is -0.122. The molecule has 0 aliphatic heterocycles. The van der Waals surface area contributed by atoms with Crippen molar-refractivity contribution in [2.45, 2.75) is 44.2 Å². The normalized spacial score (nSPS) is 16.6. The van der Waals surface area contributed by atoms with Crippen LogP contribution in [0.4, 0.5) is 4.39 Å². The van der Waals surface area contributed by atoms with E-state index in [2.05, 4.69) is 5.32 Å². The maximum Gasteiger partial charge on any atom is 0.222 e. The first kappa shape index (κ1) is 14.8. The van der Waals surface area contributed by atoms with Gasteiger partial charge in [0.2, 0.25) is 5.91 Å². The highest BCUT2D eigenvalue weighted by Gasteiger charge is 2.21. The lowest BCUT2D eigenvalue weighted by atomic mass is 10.0. The summed E-state index contributed by atoms with van der Waals surface area (Å²) in [6, 6.07) is 10.5. The average Bonchev–Trinajstić information content (AvgIpc) is 3.18. The van der Waals surface area contributed by atoms with Crippen LogP contribution in [0.25, 0.3) is 0 Å². The van der Waals surface area contributed by atoms with Crippen molar-refractivity contribution in [3.8, 4) is 0 Å². The monoisotopic (exact) mass is 300 g/mol. The van der Waals surface area contributed by atoms with Crippen LogP contribution in [-0.4, -0.2) is 16.5 Å². The zero-order valence-electron chi connectivity index (χ0n) is 12.5. The number of hydrogen-bond donors (Lipinski definition) is 1. The van der Waals surface area contributed by atoms with E-state index < -0.39 is 0 Å². The molecule has 1 N–H and O–H groups in total. The van der Waals surface area contributed by atoms with Gasteiger partial charge in [-0.15, -0.1) is 0 Å². The van der Waals surface area contributed by atoms with E-state index in [-0.39, 0.29) is 17.8 Å². The van der Waals surface area contributed by atoms with Gasteiger partial charge in [0.25, 0.3) is 0 Å². The fourth-order valence-corrected chi connectivity index (χ4v) is 3.20. The van der Waals surface area contributed by atoms with E-state index in [0.717, 1.165) is 18.4 Å². The molecule has 1 saturated carbocycles. The zero-order chi connectivity index (χ0) is 15.4. The molecule has 1 aromatic carbocycles. The summed E-state index contributed by atoms with van der Waals surface area (Å²) >= 11 is 0. The Morgan fingerprint density at radius 1 is 1.23 bits per heavy atom. The van der Waals surface area contributed by atoms with Crippen molar-refractivity contribution in [2.24, 2.45) is 0 Å². The standard InChI is InChI=1S/C18H21FN2O/c19-15-7-5-6-14(12-15)17(21-10-3-4-11-21)13-18(22)20-16-8-1-2-9-16/h3-7,10-12,16-17H,1-2,8-9,13H2,(H,20,22)/t17-/m1/s1. The number of hydrogen-bond acceptors (Lipinski definition) is 1. The quantitative estimate of drug-likeness (QED) is 0.898. The van der Waals surface area contributed by atoms with Gasteiger partial charge in [-0.25, -0.2) is 4.39 Å². The van der Waals surface area contributed by atoms with E-state index in [1.165, 1.54) is 25.0 Å². The van der Waals surface area contributed by atoms with Crippen LogP contribution < -0.4 is 5.32 Å². The Balaban J connectivity index is 1.75. The van der Waals surface area contributed by atoms with Crippen LogP contribution in [0.2, 0.25) is 0 Å². The Morgan fingerprint density at radius 3 is 2.64 bits per heavy atom. The van der Waals surface area contributed by atoms with E-state index in [4.69, 9.17) is 0 Å². The summed E-state index contributed by atoms with van der Waals surface area (Å²) in [5.41, 5.74) is 0.817. The van der Waals surface area contributed by atoms with Gasteiger partial charge in [0, 0.05) is 18.4 Å². The molecular weight excluding hydrogens is 279 g/mol. The molecule has 3 rings (SSSR count). The third-order valence-corrected chi connectivity index (χ3v) is 4.32. The van der Waals surface area contributed by atoms with Crippen molar-refractivity contribution in [1.82, 2.24) is 9.88 Å². The van der Waals surface area contributed by atoms with E-state index >= 15 is 0 Å². The Labute approximate surface area is 130 Å². The van der Waals surface area contributed by atoms with Crippen LogP contribution in [0.3, 0.4) is 0 Å². The van der Waals surface area contributed by atoms with Gasteiger partial charge in [0.05, 0.1) is 12.5 Å². The third-order valence-electron chi connectivity index (χ3n) is 4.32. The highest BCUT2D eigenvalue weighted by atomic mass is 19.1. The minimum atomic E-state index is -0.272. The number of halogens is 1. The molecule has 1 aliphatic rings. The SMILES string of the molecule is O=C(C[C@H](c1cccc(F)c1)n1cccc1)NC1CCCC1. The molecule has 4 heteroatoms. The van der Waals surface area contributed by atoms with Crippen LogP contribution in [0.1, 0.15) is 43.7 Å². The lowest BCUT2D eigenvalue weighted by Crippen LogP contribution is -2.34. The second-order valence-corrected chi connectivity index (χ2v) is 5.95. The molecule has 0 bridgehead atoms. The van der Waals surface area contributed by atoms with Crippen molar-refractivity contribution in [3.63, 3.8) is 0 Å². The number of amides is 1. The van der Waals surface area contributed by atoms with Crippen molar-refractivity contribution < 1.29 is 9.18 Å². The Morgan fingerprint density at radius 2 is 1.95 bits per heavy atom. The fourth-order valence-electron chi connectivity index (χ4n) is 3.20. The van der Waals surface area contributed by atoms with Gasteiger partial charge in [0.15, 0.2) is 0 Å². The van der Waals surface area contributed by atoms with Crippen LogP contribution >= 0.6 is 0 Å². The summed E-state index contributed by atoms with van der Waals surface area (Å²) in [6.45, 7) is 0. The summed E-state index contributed by atoms with van der Waals surface area (Å²) in [5, 5.41) is 3.11. The van der Waals surface area contributed by atoms with Crippen LogP contribution in [0.15, 0.2) is 48.8 Å². The number of nitrogens with zero attached hydrogens (tertiary/aromatic N) is 1. The molecule has 22 heavy (non-hydrogen) atoms. The second-order valence-electron chi connectivity index (χ2n) is 5.95. The van der Waals surface area contributed by atoms with Gasteiger partial charge < -0.3 is 9.88 Å². The van der Waals surface area contributed by atoms with Gasteiger partial charge in [-0.05, 0) is 42.7 Å². The molecule has 1 aliphatic carbocycles. The molecule has 116 valence electrons. The number of aromatic nitrogens is 1. The van der Waals surface area contributed by atoms with E-state index in [1.54, 1.807) is 6.07 Å². The first-order chi connectivity index (χ1) is 10.7. The van der Waals surface area contributed by atoms with Crippen molar-refractivity contribution in [3.05, 3.63) is 60.2 Å². The van der Waals surface area contributed by atoms with E-state index in [9.17, 15) is 9.18 Å². The first-order valence-electron chi connectivity index (χ1n) is 7.89. The predicted molar refractivity (Wildman–Crippen MR) is 84.0 cm³/mol. The number of benzene rings is 1. The summed E-state index contributed by atoms with van der Waals surface area (Å²) in [7, 11) is 0. The largest absolute Gasteiger partial charge is 0.353 e. The zero-order valence-corrected chi connectivity index (χ0v) is 12.5. The molecular formula is C18H21FN2O. The maximum absolute atomic E-state index is 13.5. The van der Waals surface area contributed by atoms with Crippen molar-refractivity contribution in [1.29, 1.82) is 0 Å². The highest BCUT2D eigenvalue weighted by molar-refractivity contribution is 5.77. The summed E-state index contributed by atoms with van der Waals surface area (Å²) < 4.78 is 15.5. The molecule has 3 nitrogen and oxygen atoms in total. The van der Waals surface area contributed by atoms with Crippen molar-refractivity contribution >= 4 is 5.91 Å². The van der Waals surface area contributed by atoms with Gasteiger partial charge in [-0.3, -0.25) is 4.79 Å². The Hall–Kier alpha value is -2.10. The summed E-state index contributed by atoms with van der Waals surface area (Å²) in [6.07, 6.45) is 8.68. The summed E-state index contributed by atoms with van der Waals surface area (Å²) in [5.74, 6) is -0.235. The predicted octanol–water partition coefficient (Wildman–Crippen LogP) is 3.67. The Bertz CT molecular complexity index is 618. The molecule has 1 heterocycles. The number of carbonyl (C=O) groups is 1. The van der Waals surface area contributed by atoms with Crippen LogP contribution in [0, 0.1) is 5.82 Å². The fraction of sp³-hybridized carbons (Fsp3) is 0.389. The topological polar surface area (TPSA) is 34.0 Å². The molecule has 1 amide bonds. The molecule has 0 unspecified atom stereocenters. The smallest absolute Gasteiger partial charge is 0.222 e. The van der Waals surface area contributed by atoms with Gasteiger partial charge >= 0.3 is 0 Å². The van der Waals surface area contributed by atoms with Crippen molar-refractivity contribution in [2.75, 3.05) is 0 Å². The number of rotatable bonds is 5. The molecule has 1 aromatic heterocycles. The lowest BCUT2D eigenvalue weighted by Gasteiger charge is -2.21. The molecule has 0 saturated heterocycles. The third kappa shape index (κ3) is 3.56. The number of nitrogens with one attached hydrogen (secondary N) is 1. The molecule has 2 aromatic rings. The molecule has 0 radical (unpaired) electrons. The van der Waals surface area contributed by atoms with Crippen LogP contribution in [-0.2, 0) is 4.79 Å². The first-order valence-corrected chi connectivity index (χ1v) is 7.89. The van der Waals surface area contributed by atoms with Gasteiger partial charge in [-0.1, -0.05) is 25.0 Å². The van der Waals surface area contributed by atoms with Gasteiger partial charge in [0.1, 0.15) is 5.82 Å². The second kappa shape index (κ2) is 6.77. The minimum absolute atomic E-state index is 0.0369.